The Balaban J connectivity index is 2.66. The average molecular weight is 201 g/mol. The molecule has 1 fully saturated rings. The minimum Gasteiger partial charge on any atom is -0.481 e. The monoisotopic (exact) mass is 201 g/mol. The summed E-state index contributed by atoms with van der Waals surface area (Å²) in [5.41, 5.74) is 5.11. The van der Waals surface area contributed by atoms with Crippen molar-refractivity contribution in [1.29, 1.82) is 0 Å². The van der Waals surface area contributed by atoms with E-state index in [1.165, 1.54) is 4.90 Å². The molecule has 14 heavy (non-hydrogen) atoms. The van der Waals surface area contributed by atoms with Gasteiger partial charge in [0.1, 0.15) is 0 Å². The molecule has 0 aromatic rings. The topological polar surface area (TPSA) is 95.7 Å². The summed E-state index contributed by atoms with van der Waals surface area (Å²) in [6, 6.07) is -0.548. The molecule has 4 N–H and O–H groups in total. The first-order valence-electron chi connectivity index (χ1n) is 4.49. The fourth-order valence-electron chi connectivity index (χ4n) is 1.67. The molecule has 0 aliphatic carbocycles. The number of likely N-dealkylation sites (tertiary alicyclic amines) is 1. The van der Waals surface area contributed by atoms with Crippen LogP contribution in [0.25, 0.3) is 0 Å². The number of carboxylic acids is 1. The predicted molar refractivity (Wildman–Crippen MR) is 49.7 cm³/mol. The number of nitrogens with one attached hydrogen (secondary N) is 1. The van der Waals surface area contributed by atoms with Crippen molar-refractivity contribution in [3.8, 4) is 0 Å². The van der Waals surface area contributed by atoms with E-state index in [0.717, 1.165) is 0 Å². The Morgan fingerprint density at radius 2 is 2.14 bits per heavy atom. The van der Waals surface area contributed by atoms with Crippen LogP contribution >= 0.6 is 0 Å². The maximum Gasteiger partial charge on any atom is 0.314 e. The van der Waals surface area contributed by atoms with Crippen LogP contribution in [0.5, 0.6) is 0 Å². The van der Waals surface area contributed by atoms with Crippen molar-refractivity contribution >= 4 is 12.0 Å². The number of carboxylic acid groups (broad SMARTS) is 1. The van der Waals surface area contributed by atoms with Gasteiger partial charge in [-0.2, -0.15) is 0 Å². The van der Waals surface area contributed by atoms with Crippen LogP contribution in [-0.2, 0) is 4.79 Å². The number of likely N-dealkylation sites (N-methyl/N-ethyl adjacent to an activating group) is 1. The zero-order valence-corrected chi connectivity index (χ0v) is 8.06. The van der Waals surface area contributed by atoms with Crippen molar-refractivity contribution in [3.05, 3.63) is 0 Å². The van der Waals surface area contributed by atoms with Gasteiger partial charge in [-0.1, -0.05) is 0 Å². The Hall–Kier alpha value is -1.30. The molecule has 2 amide bonds. The van der Waals surface area contributed by atoms with Crippen LogP contribution in [0.1, 0.15) is 6.42 Å². The van der Waals surface area contributed by atoms with Gasteiger partial charge in [0.05, 0.1) is 5.92 Å². The molecular formula is C8H15N3O3. The summed E-state index contributed by atoms with van der Waals surface area (Å²) in [5.74, 6) is -1.40. The van der Waals surface area contributed by atoms with Gasteiger partial charge in [0, 0.05) is 19.1 Å². The highest BCUT2D eigenvalue weighted by molar-refractivity contribution is 5.75. The third-order valence-electron chi connectivity index (χ3n) is 2.52. The lowest BCUT2D eigenvalue weighted by molar-refractivity contribution is -0.143. The number of nitrogens with two attached hydrogens (primary N) is 1. The van der Waals surface area contributed by atoms with Crippen molar-refractivity contribution in [2.45, 2.75) is 12.5 Å². The number of aliphatic carboxylic acids is 1. The van der Waals surface area contributed by atoms with E-state index in [2.05, 4.69) is 5.32 Å². The fraction of sp³-hybridized carbons (Fsp3) is 0.750. The number of carbonyl (C=O) groups is 2. The number of urea groups is 1. The van der Waals surface area contributed by atoms with Crippen LogP contribution in [0.4, 0.5) is 4.79 Å². The first-order chi connectivity index (χ1) is 6.54. The second-order valence-corrected chi connectivity index (χ2v) is 3.50. The normalized spacial score (nSPS) is 27.4. The highest BCUT2D eigenvalue weighted by Gasteiger charge is 2.32. The number of nitrogens with zero attached hydrogens (tertiary/aromatic N) is 1. The number of rotatable bonds is 2. The first-order valence-corrected chi connectivity index (χ1v) is 4.49. The van der Waals surface area contributed by atoms with Gasteiger partial charge in [0.15, 0.2) is 0 Å². The minimum atomic E-state index is -0.879. The number of carbonyl (C=O) groups excluding carboxylic acids is 1. The van der Waals surface area contributed by atoms with Crippen LogP contribution in [0.3, 0.4) is 0 Å². The quantitative estimate of drug-likeness (QED) is 0.537. The molecule has 0 aromatic heterocycles. The van der Waals surface area contributed by atoms with Gasteiger partial charge in [-0.25, -0.2) is 4.79 Å². The van der Waals surface area contributed by atoms with Gasteiger partial charge >= 0.3 is 12.0 Å². The van der Waals surface area contributed by atoms with E-state index in [4.69, 9.17) is 10.8 Å². The van der Waals surface area contributed by atoms with Crippen LogP contribution in [0.15, 0.2) is 0 Å². The third-order valence-corrected chi connectivity index (χ3v) is 2.52. The van der Waals surface area contributed by atoms with Gasteiger partial charge < -0.3 is 21.1 Å². The summed E-state index contributed by atoms with van der Waals surface area (Å²) in [6.07, 6.45) is 0.537. The Morgan fingerprint density at radius 3 is 2.57 bits per heavy atom. The van der Waals surface area contributed by atoms with Crippen molar-refractivity contribution < 1.29 is 14.7 Å². The molecule has 0 spiro atoms. The summed E-state index contributed by atoms with van der Waals surface area (Å²) in [4.78, 5) is 23.1. The summed E-state index contributed by atoms with van der Waals surface area (Å²) < 4.78 is 0. The van der Waals surface area contributed by atoms with Crippen LogP contribution in [0, 0.1) is 5.92 Å². The molecule has 1 rings (SSSR count). The lowest BCUT2D eigenvalue weighted by Gasteiger charge is -2.34. The van der Waals surface area contributed by atoms with Crippen molar-refractivity contribution in [2.24, 2.45) is 11.7 Å². The molecule has 0 saturated carbocycles. The van der Waals surface area contributed by atoms with Crippen molar-refractivity contribution in [1.82, 2.24) is 10.2 Å². The van der Waals surface area contributed by atoms with Crippen molar-refractivity contribution in [3.63, 3.8) is 0 Å². The van der Waals surface area contributed by atoms with Gasteiger partial charge in [0.2, 0.25) is 0 Å². The lowest BCUT2D eigenvalue weighted by atomic mass is 9.95. The molecule has 2 atom stereocenters. The second-order valence-electron chi connectivity index (χ2n) is 3.50. The largest absolute Gasteiger partial charge is 0.481 e. The molecular weight excluding hydrogens is 186 g/mol. The molecule has 6 nitrogen and oxygen atoms in total. The summed E-state index contributed by atoms with van der Waals surface area (Å²) in [6.45, 7) is 0.693. The standard InChI is InChI=1S/C8H15N3O3/c1-10-6-2-5(7(12)13)3-11(4-6)8(9)14/h5-6,10H,2-4H2,1H3,(H2,9,14)(H,12,13). The summed E-state index contributed by atoms with van der Waals surface area (Å²) in [5, 5.41) is 11.8. The lowest BCUT2D eigenvalue weighted by Crippen LogP contribution is -2.53. The Bertz CT molecular complexity index is 222. The molecule has 1 aliphatic rings. The number of primary amides is 1. The second kappa shape index (κ2) is 4.28. The van der Waals surface area contributed by atoms with Gasteiger partial charge in [-0.3, -0.25) is 4.79 Å². The number of hydrogen-bond acceptors (Lipinski definition) is 3. The number of hydrogen-bond donors (Lipinski definition) is 3. The van der Waals surface area contributed by atoms with E-state index >= 15 is 0 Å². The highest BCUT2D eigenvalue weighted by Crippen LogP contribution is 2.16. The van der Waals surface area contributed by atoms with Gasteiger partial charge in [-0.05, 0) is 13.5 Å². The van der Waals surface area contributed by atoms with E-state index in [-0.39, 0.29) is 12.6 Å². The van der Waals surface area contributed by atoms with Gasteiger partial charge in [0.25, 0.3) is 0 Å². The molecule has 2 unspecified atom stereocenters. The smallest absolute Gasteiger partial charge is 0.314 e. The zero-order chi connectivity index (χ0) is 10.7. The zero-order valence-electron chi connectivity index (χ0n) is 8.06. The van der Waals surface area contributed by atoms with Crippen LogP contribution in [0.2, 0.25) is 0 Å². The highest BCUT2D eigenvalue weighted by atomic mass is 16.4. The maximum absolute atomic E-state index is 10.9. The Morgan fingerprint density at radius 1 is 1.50 bits per heavy atom. The molecule has 0 aromatic carbocycles. The SMILES string of the molecule is CNC1CC(C(=O)O)CN(C(N)=O)C1. The molecule has 1 heterocycles. The molecule has 0 radical (unpaired) electrons. The Labute approximate surface area is 82.1 Å². The van der Waals surface area contributed by atoms with Crippen LogP contribution < -0.4 is 11.1 Å². The van der Waals surface area contributed by atoms with Crippen molar-refractivity contribution in [2.75, 3.05) is 20.1 Å². The minimum absolute atomic E-state index is 0.0114. The fourth-order valence-corrected chi connectivity index (χ4v) is 1.67. The van der Waals surface area contributed by atoms with E-state index in [0.29, 0.717) is 13.0 Å². The molecule has 0 bridgehead atoms. The van der Waals surface area contributed by atoms with Crippen LogP contribution in [-0.4, -0.2) is 48.2 Å². The summed E-state index contributed by atoms with van der Waals surface area (Å²) in [7, 11) is 1.74. The van der Waals surface area contributed by atoms with Gasteiger partial charge in [-0.15, -0.1) is 0 Å². The Kier molecular flexibility index (Phi) is 3.29. The van der Waals surface area contributed by atoms with E-state index in [1.54, 1.807) is 7.05 Å². The number of piperidine rings is 1. The number of amides is 2. The first kappa shape index (κ1) is 10.8. The maximum atomic E-state index is 10.9. The summed E-state index contributed by atoms with van der Waals surface area (Å²) >= 11 is 0. The molecule has 1 aliphatic heterocycles. The molecule has 80 valence electrons. The third kappa shape index (κ3) is 2.35. The molecule has 6 heteroatoms. The average Bonchev–Trinajstić information content (AvgIpc) is 2.16. The molecule has 1 saturated heterocycles. The van der Waals surface area contributed by atoms with E-state index < -0.39 is 17.9 Å². The van der Waals surface area contributed by atoms with E-state index in [1.807, 2.05) is 0 Å². The van der Waals surface area contributed by atoms with E-state index in [9.17, 15) is 9.59 Å². The predicted octanol–water partition coefficient (Wildman–Crippen LogP) is -0.940.